The Bertz CT molecular complexity index is 438. The van der Waals surface area contributed by atoms with Gasteiger partial charge in [0, 0.05) is 31.7 Å². The number of aromatic nitrogens is 2. The van der Waals surface area contributed by atoms with Gasteiger partial charge in [0.1, 0.15) is 12.7 Å². The Labute approximate surface area is 117 Å². The van der Waals surface area contributed by atoms with Crippen LogP contribution in [-0.4, -0.2) is 60.5 Å². The maximum absolute atomic E-state index is 11.8. The van der Waals surface area contributed by atoms with E-state index in [2.05, 4.69) is 10.2 Å². The van der Waals surface area contributed by atoms with E-state index in [-0.39, 0.29) is 18.6 Å². The number of carbonyl (C=O) groups excluding carboxylic acids is 1. The van der Waals surface area contributed by atoms with Gasteiger partial charge < -0.3 is 19.1 Å². The molecule has 1 aliphatic rings. The Kier molecular flexibility index (Phi) is 5.11. The summed E-state index contributed by atoms with van der Waals surface area (Å²) in [6.45, 7) is 3.78. The molecule has 2 rings (SSSR count). The molecule has 2 heterocycles. The van der Waals surface area contributed by atoms with Crippen LogP contribution in [-0.2, 0) is 9.53 Å². The van der Waals surface area contributed by atoms with E-state index in [1.165, 1.54) is 7.11 Å². The van der Waals surface area contributed by atoms with Gasteiger partial charge in [0.2, 0.25) is 17.7 Å². The zero-order valence-electron chi connectivity index (χ0n) is 11.7. The van der Waals surface area contributed by atoms with Crippen LogP contribution in [0.25, 0.3) is 0 Å². The summed E-state index contributed by atoms with van der Waals surface area (Å²) in [5.74, 6) is 0.881. The van der Waals surface area contributed by atoms with E-state index >= 15 is 0 Å². The third kappa shape index (κ3) is 3.80. The monoisotopic (exact) mass is 281 g/mol. The van der Waals surface area contributed by atoms with Crippen molar-refractivity contribution in [3.8, 4) is 11.8 Å². The minimum atomic E-state index is -0.0525. The van der Waals surface area contributed by atoms with Gasteiger partial charge >= 0.3 is 0 Å². The van der Waals surface area contributed by atoms with Crippen molar-refractivity contribution in [1.82, 2.24) is 15.1 Å². The van der Waals surface area contributed by atoms with Gasteiger partial charge in [-0.25, -0.2) is 0 Å². The molecule has 0 aromatic carbocycles. The van der Waals surface area contributed by atoms with E-state index in [4.69, 9.17) is 14.2 Å². The number of methoxy groups -OCH3 is 1. The SMILES string of the molecule is CCOCC(=O)N1CCC(Oc2ccc(OC)nn2)C1. The molecule has 1 aliphatic heterocycles. The second-order valence-electron chi connectivity index (χ2n) is 4.42. The average Bonchev–Trinajstić information content (AvgIpc) is 2.94. The fourth-order valence-electron chi connectivity index (χ4n) is 1.98. The summed E-state index contributed by atoms with van der Waals surface area (Å²) in [5.41, 5.74) is 0. The van der Waals surface area contributed by atoms with Crippen molar-refractivity contribution in [2.24, 2.45) is 0 Å². The Balaban J connectivity index is 1.81. The lowest BCUT2D eigenvalue weighted by Gasteiger charge is -2.16. The predicted molar refractivity (Wildman–Crippen MR) is 70.7 cm³/mol. The molecule has 1 amide bonds. The third-order valence-corrected chi connectivity index (χ3v) is 3.04. The van der Waals surface area contributed by atoms with Crippen LogP contribution in [0.3, 0.4) is 0 Å². The number of hydrogen-bond acceptors (Lipinski definition) is 6. The van der Waals surface area contributed by atoms with Gasteiger partial charge in [-0.3, -0.25) is 4.79 Å². The molecule has 20 heavy (non-hydrogen) atoms. The first-order valence-corrected chi connectivity index (χ1v) is 6.62. The van der Waals surface area contributed by atoms with Crippen molar-refractivity contribution in [2.75, 3.05) is 33.4 Å². The fourth-order valence-corrected chi connectivity index (χ4v) is 1.98. The Morgan fingerprint density at radius 1 is 1.40 bits per heavy atom. The molecular formula is C13H19N3O4. The van der Waals surface area contributed by atoms with Gasteiger partial charge in [-0.05, 0) is 6.92 Å². The molecule has 1 aromatic heterocycles. The molecule has 1 atom stereocenters. The van der Waals surface area contributed by atoms with Crippen molar-refractivity contribution in [3.63, 3.8) is 0 Å². The van der Waals surface area contributed by atoms with Gasteiger partial charge in [0.05, 0.1) is 13.7 Å². The fraction of sp³-hybridized carbons (Fsp3) is 0.615. The van der Waals surface area contributed by atoms with Crippen LogP contribution in [0.15, 0.2) is 12.1 Å². The molecule has 1 saturated heterocycles. The molecule has 0 saturated carbocycles. The van der Waals surface area contributed by atoms with Crippen LogP contribution in [0.5, 0.6) is 11.8 Å². The summed E-state index contributed by atoms with van der Waals surface area (Å²) in [4.78, 5) is 13.5. The Morgan fingerprint density at radius 3 is 2.80 bits per heavy atom. The summed E-state index contributed by atoms with van der Waals surface area (Å²) >= 11 is 0. The summed E-state index contributed by atoms with van der Waals surface area (Å²) in [6, 6.07) is 3.39. The summed E-state index contributed by atoms with van der Waals surface area (Å²) in [6.07, 6.45) is 0.731. The maximum Gasteiger partial charge on any atom is 0.248 e. The standard InChI is InChI=1S/C13H19N3O4/c1-3-19-9-13(17)16-7-6-10(8-16)20-12-5-4-11(18-2)14-15-12/h4-5,10H,3,6-9H2,1-2H3. The van der Waals surface area contributed by atoms with Gasteiger partial charge in [-0.15, -0.1) is 10.2 Å². The Hall–Kier alpha value is -1.89. The number of ether oxygens (including phenoxy) is 3. The molecule has 0 radical (unpaired) electrons. The normalized spacial score (nSPS) is 18.1. The summed E-state index contributed by atoms with van der Waals surface area (Å²) in [5, 5.41) is 7.74. The number of nitrogens with zero attached hydrogens (tertiary/aromatic N) is 3. The van der Waals surface area contributed by atoms with Crippen molar-refractivity contribution in [1.29, 1.82) is 0 Å². The van der Waals surface area contributed by atoms with Gasteiger partial charge in [-0.1, -0.05) is 0 Å². The molecule has 110 valence electrons. The van der Waals surface area contributed by atoms with Gasteiger partial charge in [0.25, 0.3) is 0 Å². The highest BCUT2D eigenvalue weighted by Crippen LogP contribution is 2.17. The van der Waals surface area contributed by atoms with Crippen molar-refractivity contribution >= 4 is 5.91 Å². The van der Waals surface area contributed by atoms with E-state index in [9.17, 15) is 4.79 Å². The molecule has 7 heteroatoms. The van der Waals surface area contributed by atoms with Crippen LogP contribution < -0.4 is 9.47 Å². The quantitative estimate of drug-likeness (QED) is 0.756. The molecule has 0 aliphatic carbocycles. The predicted octanol–water partition coefficient (Wildman–Crippen LogP) is 0.501. The smallest absolute Gasteiger partial charge is 0.248 e. The maximum atomic E-state index is 11.8. The third-order valence-electron chi connectivity index (χ3n) is 3.04. The molecular weight excluding hydrogens is 262 g/mol. The van der Waals surface area contributed by atoms with Crippen LogP contribution in [0, 0.1) is 0 Å². The number of likely N-dealkylation sites (tertiary alicyclic amines) is 1. The van der Waals surface area contributed by atoms with Crippen molar-refractivity contribution < 1.29 is 19.0 Å². The first kappa shape index (κ1) is 14.5. The minimum Gasteiger partial charge on any atom is -0.480 e. The van der Waals surface area contributed by atoms with E-state index in [0.717, 1.165) is 6.42 Å². The van der Waals surface area contributed by atoms with E-state index < -0.39 is 0 Å². The summed E-state index contributed by atoms with van der Waals surface area (Å²) in [7, 11) is 1.53. The molecule has 0 spiro atoms. The number of amides is 1. The topological polar surface area (TPSA) is 73.8 Å². The average molecular weight is 281 g/mol. The second kappa shape index (κ2) is 7.04. The van der Waals surface area contributed by atoms with E-state index in [0.29, 0.717) is 31.5 Å². The zero-order valence-corrected chi connectivity index (χ0v) is 11.7. The largest absolute Gasteiger partial charge is 0.480 e. The number of rotatable bonds is 6. The van der Waals surface area contributed by atoms with Crippen LogP contribution in [0.4, 0.5) is 0 Å². The molecule has 1 aromatic rings. The van der Waals surface area contributed by atoms with Gasteiger partial charge in [0.15, 0.2) is 0 Å². The molecule has 7 nitrogen and oxygen atoms in total. The van der Waals surface area contributed by atoms with E-state index in [1.54, 1.807) is 17.0 Å². The second-order valence-corrected chi connectivity index (χ2v) is 4.42. The highest BCUT2D eigenvalue weighted by Gasteiger charge is 2.27. The number of carbonyl (C=O) groups is 1. The zero-order chi connectivity index (χ0) is 14.4. The van der Waals surface area contributed by atoms with Crippen molar-refractivity contribution in [3.05, 3.63) is 12.1 Å². The van der Waals surface area contributed by atoms with Crippen LogP contribution in [0.1, 0.15) is 13.3 Å². The molecule has 1 unspecified atom stereocenters. The molecule has 0 bridgehead atoms. The first-order chi connectivity index (χ1) is 9.72. The number of hydrogen-bond donors (Lipinski definition) is 0. The minimum absolute atomic E-state index is 0.00114. The van der Waals surface area contributed by atoms with Crippen LogP contribution >= 0.6 is 0 Å². The molecule has 0 N–H and O–H groups in total. The highest BCUT2D eigenvalue weighted by molar-refractivity contribution is 5.77. The Morgan fingerprint density at radius 2 is 2.15 bits per heavy atom. The lowest BCUT2D eigenvalue weighted by Crippen LogP contribution is -2.33. The lowest BCUT2D eigenvalue weighted by atomic mass is 10.3. The highest BCUT2D eigenvalue weighted by atomic mass is 16.5. The summed E-state index contributed by atoms with van der Waals surface area (Å²) < 4.78 is 15.7. The van der Waals surface area contributed by atoms with Crippen LogP contribution in [0.2, 0.25) is 0 Å². The van der Waals surface area contributed by atoms with Crippen molar-refractivity contribution in [2.45, 2.75) is 19.4 Å². The lowest BCUT2D eigenvalue weighted by molar-refractivity contribution is -0.135. The van der Waals surface area contributed by atoms with Gasteiger partial charge in [-0.2, -0.15) is 0 Å². The van der Waals surface area contributed by atoms with E-state index in [1.807, 2.05) is 6.92 Å². The molecule has 1 fully saturated rings. The first-order valence-electron chi connectivity index (χ1n) is 6.62.